The third-order valence-electron chi connectivity index (χ3n) is 6.37. The first-order chi connectivity index (χ1) is 19.1. The van der Waals surface area contributed by atoms with E-state index in [2.05, 4.69) is 4.98 Å². The normalized spacial score (nSPS) is 11.9. The second-order valence-electron chi connectivity index (χ2n) is 9.13. The maximum Gasteiger partial charge on any atom is 0.416 e. The number of nitrogens with zero attached hydrogens (tertiary/aromatic N) is 3. The molecule has 0 fully saturated rings. The monoisotopic (exact) mass is 577 g/mol. The van der Waals surface area contributed by atoms with Crippen LogP contribution in [0.4, 0.5) is 26.3 Å². The quantitative estimate of drug-likeness (QED) is 0.225. The Morgan fingerprint density at radius 1 is 0.951 bits per heavy atom. The molecule has 0 aliphatic rings. The van der Waals surface area contributed by atoms with Crippen molar-refractivity contribution >= 4 is 22.8 Å². The summed E-state index contributed by atoms with van der Waals surface area (Å²) in [6.45, 7) is -0.633. The number of hydrogen-bond donors (Lipinski definition) is 0. The predicted octanol–water partition coefficient (Wildman–Crippen LogP) is 5.70. The lowest BCUT2D eigenvalue weighted by Gasteiger charge is -2.23. The molecule has 2 aromatic heterocycles. The number of esters is 1. The third-order valence-corrected chi connectivity index (χ3v) is 6.37. The second kappa shape index (κ2) is 10.7. The van der Waals surface area contributed by atoms with Gasteiger partial charge in [-0.1, -0.05) is 18.2 Å². The first kappa shape index (κ1) is 29.3. The number of rotatable bonds is 5. The second-order valence-corrected chi connectivity index (χ2v) is 9.13. The predicted molar refractivity (Wildman–Crippen MR) is 136 cm³/mol. The Balaban J connectivity index is 1.86. The van der Waals surface area contributed by atoms with Crippen LogP contribution in [0.1, 0.15) is 37.5 Å². The summed E-state index contributed by atoms with van der Waals surface area (Å²) >= 11 is 0. The maximum atomic E-state index is 13.8. The summed E-state index contributed by atoms with van der Waals surface area (Å²) in [5.74, 6) is -1.47. The first-order valence-electron chi connectivity index (χ1n) is 11.8. The van der Waals surface area contributed by atoms with E-state index in [0.717, 1.165) is 9.47 Å². The highest BCUT2D eigenvalue weighted by atomic mass is 19.4. The van der Waals surface area contributed by atoms with Crippen LogP contribution in [0.2, 0.25) is 0 Å². The number of amides is 1. The number of aromatic nitrogens is 2. The number of fused-ring (bicyclic) bond motifs is 1. The van der Waals surface area contributed by atoms with Gasteiger partial charge in [0.05, 0.1) is 23.8 Å². The van der Waals surface area contributed by atoms with Crippen LogP contribution in [0.15, 0.2) is 65.6 Å². The molecule has 0 unspecified atom stereocenters. The third kappa shape index (κ3) is 5.79. The van der Waals surface area contributed by atoms with E-state index >= 15 is 0 Å². The highest BCUT2D eigenvalue weighted by Crippen LogP contribution is 2.37. The van der Waals surface area contributed by atoms with E-state index in [1.54, 1.807) is 6.07 Å². The number of benzene rings is 2. The molecule has 0 radical (unpaired) electrons. The van der Waals surface area contributed by atoms with Gasteiger partial charge in [0.15, 0.2) is 0 Å². The fourth-order valence-corrected chi connectivity index (χ4v) is 4.40. The van der Waals surface area contributed by atoms with Gasteiger partial charge in [0.2, 0.25) is 0 Å². The standard InChI is InChI=1S/C28H21F6N3O4/c1-36(14-15-11-18(27(29,30)31)13-19(12-15)28(32,33)34)25(39)23-21(16-6-8-17(9-7-16)26(40)41-3)20-5-4-10-35-22(20)24(38)37(23)2/h4-13H,14H2,1-3H3. The zero-order chi connectivity index (χ0) is 30.3. The fourth-order valence-electron chi connectivity index (χ4n) is 4.40. The Morgan fingerprint density at radius 3 is 2.07 bits per heavy atom. The van der Waals surface area contributed by atoms with E-state index in [9.17, 15) is 40.7 Å². The molecule has 4 rings (SSSR count). The number of ether oxygens (including phenoxy) is 1. The Morgan fingerprint density at radius 2 is 1.54 bits per heavy atom. The van der Waals surface area contributed by atoms with Gasteiger partial charge in [-0.25, -0.2) is 4.79 Å². The molecule has 4 aromatic rings. The van der Waals surface area contributed by atoms with Crippen LogP contribution in [0.25, 0.3) is 22.0 Å². The van der Waals surface area contributed by atoms with Gasteiger partial charge in [-0.3, -0.25) is 14.6 Å². The Bertz CT molecular complexity index is 1680. The van der Waals surface area contributed by atoms with Crippen LogP contribution < -0.4 is 5.56 Å². The molecule has 1 amide bonds. The van der Waals surface area contributed by atoms with E-state index in [0.29, 0.717) is 17.7 Å². The lowest BCUT2D eigenvalue weighted by atomic mass is 9.97. The molecule has 0 aliphatic carbocycles. The SMILES string of the molecule is COC(=O)c1ccc(-c2c(C(=O)N(C)Cc3cc(C(F)(F)F)cc(C(F)(F)F)c3)n(C)c(=O)c3ncccc23)cc1. The van der Waals surface area contributed by atoms with Gasteiger partial charge in [0.1, 0.15) is 11.2 Å². The van der Waals surface area contributed by atoms with Crippen molar-refractivity contribution in [3.05, 3.63) is 99.1 Å². The minimum absolute atomic E-state index is 0.00144. The van der Waals surface area contributed by atoms with E-state index in [1.807, 2.05) is 0 Å². The molecular weight excluding hydrogens is 556 g/mol. The summed E-state index contributed by atoms with van der Waals surface area (Å²) in [6.07, 6.45) is -8.73. The Labute approximate surface area is 228 Å². The van der Waals surface area contributed by atoms with Gasteiger partial charge in [-0.05, 0) is 47.5 Å². The van der Waals surface area contributed by atoms with Crippen molar-refractivity contribution in [2.45, 2.75) is 18.9 Å². The van der Waals surface area contributed by atoms with Crippen LogP contribution in [-0.4, -0.2) is 40.5 Å². The van der Waals surface area contributed by atoms with Gasteiger partial charge >= 0.3 is 18.3 Å². The van der Waals surface area contributed by atoms with Gasteiger partial charge in [0, 0.05) is 37.8 Å². The molecule has 2 heterocycles. The zero-order valence-corrected chi connectivity index (χ0v) is 21.7. The van der Waals surface area contributed by atoms with Gasteiger partial charge in [0.25, 0.3) is 11.5 Å². The summed E-state index contributed by atoms with van der Waals surface area (Å²) in [4.78, 5) is 43.8. The highest BCUT2D eigenvalue weighted by Gasteiger charge is 2.37. The molecular formula is C28H21F6N3O4. The fraction of sp³-hybridized carbons (Fsp3) is 0.214. The van der Waals surface area contributed by atoms with Crippen molar-refractivity contribution in [1.82, 2.24) is 14.5 Å². The number of hydrogen-bond acceptors (Lipinski definition) is 5. The minimum atomic E-state index is -5.06. The average molecular weight is 577 g/mol. The number of alkyl halides is 6. The Hall–Kier alpha value is -4.68. The van der Waals surface area contributed by atoms with Gasteiger partial charge < -0.3 is 14.2 Å². The largest absolute Gasteiger partial charge is 0.465 e. The summed E-state index contributed by atoms with van der Waals surface area (Å²) < 4.78 is 85.9. The summed E-state index contributed by atoms with van der Waals surface area (Å²) in [5.41, 5.74) is -3.44. The van der Waals surface area contributed by atoms with Crippen molar-refractivity contribution < 1.29 is 40.7 Å². The molecule has 7 nitrogen and oxygen atoms in total. The minimum Gasteiger partial charge on any atom is -0.465 e. The van der Waals surface area contributed by atoms with E-state index in [-0.39, 0.29) is 33.8 Å². The van der Waals surface area contributed by atoms with Crippen molar-refractivity contribution in [1.29, 1.82) is 0 Å². The maximum absolute atomic E-state index is 13.8. The molecule has 0 aliphatic heterocycles. The summed E-state index contributed by atoms with van der Waals surface area (Å²) in [5, 5.41) is 0.275. The number of methoxy groups -OCH3 is 1. The molecule has 2 aromatic carbocycles. The van der Waals surface area contributed by atoms with E-state index < -0.39 is 53.0 Å². The van der Waals surface area contributed by atoms with Crippen molar-refractivity contribution in [2.75, 3.05) is 14.2 Å². The van der Waals surface area contributed by atoms with Gasteiger partial charge in [-0.15, -0.1) is 0 Å². The number of pyridine rings is 2. The zero-order valence-electron chi connectivity index (χ0n) is 21.7. The molecule has 0 bridgehead atoms. The first-order valence-corrected chi connectivity index (χ1v) is 11.8. The molecule has 0 saturated heterocycles. The topological polar surface area (TPSA) is 81.5 Å². The number of halogens is 6. The van der Waals surface area contributed by atoms with Crippen molar-refractivity contribution in [3.8, 4) is 11.1 Å². The molecule has 0 spiro atoms. The lowest BCUT2D eigenvalue weighted by molar-refractivity contribution is -0.143. The summed E-state index contributed by atoms with van der Waals surface area (Å²) in [6, 6.07) is 10.1. The van der Waals surface area contributed by atoms with Crippen LogP contribution in [-0.2, 0) is 30.7 Å². The molecule has 0 atom stereocenters. The van der Waals surface area contributed by atoms with E-state index in [1.165, 1.54) is 57.7 Å². The van der Waals surface area contributed by atoms with Crippen LogP contribution in [0.3, 0.4) is 0 Å². The smallest absolute Gasteiger partial charge is 0.416 e. The number of carbonyl (C=O) groups excluding carboxylic acids is 2. The van der Waals surface area contributed by atoms with Crippen molar-refractivity contribution in [2.24, 2.45) is 7.05 Å². The molecule has 0 saturated carbocycles. The number of carbonyl (C=O) groups is 2. The van der Waals surface area contributed by atoms with Crippen molar-refractivity contribution in [3.63, 3.8) is 0 Å². The van der Waals surface area contributed by atoms with Gasteiger partial charge in [-0.2, -0.15) is 26.3 Å². The molecule has 0 N–H and O–H groups in total. The summed E-state index contributed by atoms with van der Waals surface area (Å²) in [7, 11) is 3.70. The van der Waals surface area contributed by atoms with E-state index in [4.69, 9.17) is 4.74 Å². The lowest BCUT2D eigenvalue weighted by Crippen LogP contribution is -2.33. The van der Waals surface area contributed by atoms with Crippen LogP contribution in [0, 0.1) is 0 Å². The molecule has 41 heavy (non-hydrogen) atoms. The Kier molecular flexibility index (Phi) is 7.66. The van der Waals surface area contributed by atoms with Crippen LogP contribution >= 0.6 is 0 Å². The highest BCUT2D eigenvalue weighted by molar-refractivity contribution is 6.07. The van der Waals surface area contributed by atoms with Crippen LogP contribution in [0.5, 0.6) is 0 Å². The average Bonchev–Trinajstić information content (AvgIpc) is 2.93. The molecule has 214 valence electrons. The molecule has 13 heteroatoms.